The van der Waals surface area contributed by atoms with Crippen molar-refractivity contribution in [3.63, 3.8) is 0 Å². The number of halogens is 2. The van der Waals surface area contributed by atoms with Gasteiger partial charge in [0.2, 0.25) is 0 Å². The van der Waals surface area contributed by atoms with E-state index in [2.05, 4.69) is 10.00 Å². The normalized spacial score (nSPS) is 14.4. The van der Waals surface area contributed by atoms with Crippen LogP contribution in [0.15, 0.2) is 48.5 Å². The molecule has 3 aromatic rings. The lowest BCUT2D eigenvalue weighted by molar-refractivity contribution is 0.0619. The van der Waals surface area contributed by atoms with Gasteiger partial charge in [0.05, 0.1) is 24.1 Å². The fraction of sp³-hybridized carbons (Fsp3) is 0.333. The van der Waals surface area contributed by atoms with Crippen molar-refractivity contribution in [1.29, 1.82) is 0 Å². The monoisotopic (exact) mass is 472 g/mol. The Kier molecular flexibility index (Phi) is 7.15. The van der Waals surface area contributed by atoms with Crippen LogP contribution in [0.5, 0.6) is 11.5 Å². The maximum Gasteiger partial charge on any atom is 0.258 e. The molecule has 7 nitrogen and oxygen atoms in total. The zero-order chi connectivity index (χ0) is 23.4. The summed E-state index contributed by atoms with van der Waals surface area (Å²) in [7, 11) is 1.63. The molecule has 0 spiro atoms. The maximum absolute atomic E-state index is 13.2. The van der Waals surface area contributed by atoms with Crippen LogP contribution in [0.4, 0.5) is 4.39 Å². The second-order valence-electron chi connectivity index (χ2n) is 7.80. The molecular formula is C24H26ClFN4O3. The van der Waals surface area contributed by atoms with Gasteiger partial charge in [-0.1, -0.05) is 11.6 Å². The molecule has 1 amide bonds. The quantitative estimate of drug-likeness (QED) is 0.523. The number of carbonyl (C=O) groups is 1. The molecule has 0 bridgehead atoms. The molecule has 174 valence electrons. The SMILES string of the molecule is COc1ccc(OCCN2CCN(C(=O)c3c(C)nn(-c4ccc(F)cc4)c3Cl)CC2)cc1. The van der Waals surface area contributed by atoms with Crippen molar-refractivity contribution >= 4 is 17.5 Å². The van der Waals surface area contributed by atoms with Gasteiger partial charge in [-0.25, -0.2) is 9.07 Å². The number of aromatic nitrogens is 2. The molecule has 0 aliphatic carbocycles. The molecule has 0 radical (unpaired) electrons. The minimum atomic E-state index is -0.345. The average molecular weight is 473 g/mol. The first-order valence-electron chi connectivity index (χ1n) is 10.8. The highest BCUT2D eigenvalue weighted by atomic mass is 35.5. The van der Waals surface area contributed by atoms with Crippen LogP contribution in [0.1, 0.15) is 16.1 Å². The van der Waals surface area contributed by atoms with E-state index in [-0.39, 0.29) is 16.9 Å². The summed E-state index contributed by atoms with van der Waals surface area (Å²) in [5, 5.41) is 4.64. The number of nitrogens with zero attached hydrogens (tertiary/aromatic N) is 4. The maximum atomic E-state index is 13.2. The van der Waals surface area contributed by atoms with Gasteiger partial charge >= 0.3 is 0 Å². The summed E-state index contributed by atoms with van der Waals surface area (Å²) in [4.78, 5) is 17.2. The van der Waals surface area contributed by atoms with E-state index < -0.39 is 0 Å². The number of hydrogen-bond acceptors (Lipinski definition) is 5. The van der Waals surface area contributed by atoms with E-state index in [9.17, 15) is 9.18 Å². The number of methoxy groups -OCH3 is 1. The van der Waals surface area contributed by atoms with Crippen LogP contribution in [0.3, 0.4) is 0 Å². The molecule has 9 heteroatoms. The van der Waals surface area contributed by atoms with Crippen molar-refractivity contribution in [2.24, 2.45) is 0 Å². The fourth-order valence-electron chi connectivity index (χ4n) is 3.79. The molecule has 0 unspecified atom stereocenters. The molecule has 0 saturated carbocycles. The molecule has 33 heavy (non-hydrogen) atoms. The molecule has 2 heterocycles. The highest BCUT2D eigenvalue weighted by Gasteiger charge is 2.28. The molecular weight excluding hydrogens is 447 g/mol. The topological polar surface area (TPSA) is 59.8 Å². The van der Waals surface area contributed by atoms with Gasteiger partial charge in [-0.05, 0) is 55.5 Å². The van der Waals surface area contributed by atoms with E-state index in [0.717, 1.165) is 31.1 Å². The number of benzene rings is 2. The second-order valence-corrected chi connectivity index (χ2v) is 8.16. The van der Waals surface area contributed by atoms with Crippen LogP contribution in [0, 0.1) is 12.7 Å². The Morgan fingerprint density at radius 1 is 1.03 bits per heavy atom. The van der Waals surface area contributed by atoms with E-state index in [4.69, 9.17) is 21.1 Å². The van der Waals surface area contributed by atoms with Crippen LogP contribution < -0.4 is 9.47 Å². The highest BCUT2D eigenvalue weighted by Crippen LogP contribution is 2.25. The minimum absolute atomic E-state index is 0.139. The largest absolute Gasteiger partial charge is 0.497 e. The average Bonchev–Trinajstić information content (AvgIpc) is 3.13. The summed E-state index contributed by atoms with van der Waals surface area (Å²) in [5.74, 6) is 1.11. The minimum Gasteiger partial charge on any atom is -0.497 e. The van der Waals surface area contributed by atoms with Crippen molar-refractivity contribution in [3.8, 4) is 17.2 Å². The van der Waals surface area contributed by atoms with Crippen LogP contribution in [-0.2, 0) is 0 Å². The van der Waals surface area contributed by atoms with E-state index >= 15 is 0 Å². The van der Waals surface area contributed by atoms with E-state index in [1.807, 2.05) is 24.3 Å². The Balaban J connectivity index is 1.31. The first kappa shape index (κ1) is 23.1. The Morgan fingerprint density at radius 3 is 2.30 bits per heavy atom. The van der Waals surface area contributed by atoms with E-state index in [1.165, 1.54) is 16.8 Å². The molecule has 1 fully saturated rings. The van der Waals surface area contributed by atoms with Crippen LogP contribution in [0.25, 0.3) is 5.69 Å². The first-order chi connectivity index (χ1) is 16.0. The van der Waals surface area contributed by atoms with Gasteiger partial charge < -0.3 is 14.4 Å². The van der Waals surface area contributed by atoms with Crippen molar-refractivity contribution < 1.29 is 18.7 Å². The highest BCUT2D eigenvalue weighted by molar-refractivity contribution is 6.33. The number of carbonyl (C=O) groups excluding carboxylic acids is 1. The number of aryl methyl sites for hydroxylation is 1. The summed E-state index contributed by atoms with van der Waals surface area (Å²) < 4.78 is 25.7. The third kappa shape index (κ3) is 5.29. The van der Waals surface area contributed by atoms with Gasteiger partial charge in [0.25, 0.3) is 5.91 Å². The number of ether oxygens (including phenoxy) is 2. The fourth-order valence-corrected chi connectivity index (χ4v) is 4.15. The summed E-state index contributed by atoms with van der Waals surface area (Å²) in [6.45, 7) is 5.79. The second kappa shape index (κ2) is 10.2. The smallest absolute Gasteiger partial charge is 0.258 e. The standard InChI is InChI=1S/C24H26ClFN4O3/c1-17-22(23(25)30(27-17)19-5-3-18(26)4-6-19)24(31)29-13-11-28(12-14-29)15-16-33-21-9-7-20(32-2)8-10-21/h3-10H,11-16H2,1-2H3. The van der Waals surface area contributed by atoms with Crippen molar-refractivity contribution in [2.75, 3.05) is 46.4 Å². The lowest BCUT2D eigenvalue weighted by Gasteiger charge is -2.34. The van der Waals surface area contributed by atoms with Crippen LogP contribution in [-0.4, -0.2) is 71.9 Å². The van der Waals surface area contributed by atoms with Crippen LogP contribution >= 0.6 is 11.6 Å². The Bertz CT molecular complexity index is 1090. The molecule has 0 atom stereocenters. The van der Waals surface area contributed by atoms with Gasteiger partial charge in [0, 0.05) is 32.7 Å². The summed E-state index contributed by atoms with van der Waals surface area (Å²) in [6, 6.07) is 13.3. The Morgan fingerprint density at radius 2 is 1.67 bits per heavy atom. The van der Waals surface area contributed by atoms with E-state index in [1.54, 1.807) is 31.1 Å². The number of amides is 1. The van der Waals surface area contributed by atoms with Gasteiger partial charge in [-0.2, -0.15) is 5.10 Å². The molecule has 2 aromatic carbocycles. The molecule has 1 aliphatic rings. The van der Waals surface area contributed by atoms with Gasteiger partial charge in [0.15, 0.2) is 0 Å². The lowest BCUT2D eigenvalue weighted by atomic mass is 10.2. The summed E-state index contributed by atoms with van der Waals surface area (Å²) in [5.41, 5.74) is 1.53. The lowest BCUT2D eigenvalue weighted by Crippen LogP contribution is -2.49. The third-order valence-electron chi connectivity index (χ3n) is 5.68. The molecule has 0 N–H and O–H groups in total. The van der Waals surface area contributed by atoms with Crippen LogP contribution in [0.2, 0.25) is 5.15 Å². The van der Waals surface area contributed by atoms with Crippen molar-refractivity contribution in [1.82, 2.24) is 19.6 Å². The Labute approximate surface area is 197 Å². The third-order valence-corrected chi connectivity index (χ3v) is 6.03. The van der Waals surface area contributed by atoms with Gasteiger partial charge in [-0.3, -0.25) is 9.69 Å². The summed E-state index contributed by atoms with van der Waals surface area (Å²) >= 11 is 6.52. The van der Waals surface area contributed by atoms with Crippen molar-refractivity contribution in [2.45, 2.75) is 6.92 Å². The number of hydrogen-bond donors (Lipinski definition) is 0. The first-order valence-corrected chi connectivity index (χ1v) is 11.1. The molecule has 1 aliphatic heterocycles. The zero-order valence-electron chi connectivity index (χ0n) is 18.6. The van der Waals surface area contributed by atoms with E-state index in [0.29, 0.717) is 36.6 Å². The number of rotatable bonds is 7. The Hall–Kier alpha value is -3.10. The predicted octanol–water partition coefficient (Wildman–Crippen LogP) is 3.82. The van der Waals surface area contributed by atoms with Gasteiger partial charge in [0.1, 0.15) is 29.1 Å². The molecule has 1 aromatic heterocycles. The molecule has 4 rings (SSSR count). The van der Waals surface area contributed by atoms with Gasteiger partial charge in [-0.15, -0.1) is 0 Å². The number of piperazine rings is 1. The summed E-state index contributed by atoms with van der Waals surface area (Å²) in [6.07, 6.45) is 0. The van der Waals surface area contributed by atoms with Crippen molar-refractivity contribution in [3.05, 3.63) is 70.8 Å². The molecule has 1 saturated heterocycles. The zero-order valence-corrected chi connectivity index (χ0v) is 19.4. The predicted molar refractivity (Wildman–Crippen MR) is 124 cm³/mol.